The molecule has 0 spiro atoms. The minimum atomic E-state index is -1.95. The normalized spacial score (nSPS) is 12.5. The third kappa shape index (κ3) is 7.41. The van der Waals surface area contributed by atoms with Crippen molar-refractivity contribution >= 4 is 50.3 Å². The van der Waals surface area contributed by atoms with Crippen molar-refractivity contribution in [3.05, 3.63) is 0 Å². The summed E-state index contributed by atoms with van der Waals surface area (Å²) in [6.07, 6.45) is 0.781. The Morgan fingerprint density at radius 2 is 1.05 bits per heavy atom. The Morgan fingerprint density at radius 1 is 0.762 bits per heavy atom. The monoisotopic (exact) mass is 370 g/mol. The first-order valence-corrected chi connectivity index (χ1v) is 13.7. The van der Waals surface area contributed by atoms with E-state index in [4.69, 9.17) is 27.3 Å². The number of carbonyl (C=O) groups excluding carboxylic acids is 2. The molecule has 0 aliphatic rings. The Labute approximate surface area is 141 Å². The van der Waals surface area contributed by atoms with E-state index in [2.05, 4.69) is 27.7 Å². The van der Waals surface area contributed by atoms with Gasteiger partial charge < -0.3 is 4.12 Å². The first-order valence-electron chi connectivity index (χ1n) is 7.85. The molecular formula is C14H28Cl2O3Si2. The van der Waals surface area contributed by atoms with Crippen LogP contribution in [-0.2, 0) is 13.7 Å². The van der Waals surface area contributed by atoms with E-state index in [0.717, 1.165) is 36.3 Å². The Balaban J connectivity index is 5.11. The van der Waals surface area contributed by atoms with E-state index < -0.39 is 16.6 Å². The first kappa shape index (κ1) is 21.3. The van der Waals surface area contributed by atoms with Crippen molar-refractivity contribution in [2.45, 2.75) is 76.8 Å². The molecule has 0 aliphatic heterocycles. The van der Waals surface area contributed by atoms with Crippen molar-refractivity contribution in [2.75, 3.05) is 0 Å². The summed E-state index contributed by atoms with van der Waals surface area (Å²) < 4.78 is 6.78. The van der Waals surface area contributed by atoms with Gasteiger partial charge in [0.15, 0.2) is 16.6 Å². The minimum Gasteiger partial charge on any atom is -0.455 e. The second-order valence-electron chi connectivity index (χ2n) is 5.59. The summed E-state index contributed by atoms with van der Waals surface area (Å²) >= 11 is 11.0. The van der Waals surface area contributed by atoms with E-state index in [0.29, 0.717) is 12.8 Å². The van der Waals surface area contributed by atoms with Gasteiger partial charge in [-0.25, -0.2) is 0 Å². The molecule has 0 radical (unpaired) electrons. The second kappa shape index (κ2) is 10.2. The van der Waals surface area contributed by atoms with Crippen LogP contribution in [0.15, 0.2) is 0 Å². The van der Waals surface area contributed by atoms with Crippen LogP contribution in [0.5, 0.6) is 0 Å². The van der Waals surface area contributed by atoms with Crippen LogP contribution in [-0.4, -0.2) is 27.1 Å². The second-order valence-corrected chi connectivity index (χ2v) is 15.8. The fourth-order valence-electron chi connectivity index (χ4n) is 2.71. The molecule has 21 heavy (non-hydrogen) atoms. The van der Waals surface area contributed by atoms with Crippen molar-refractivity contribution in [1.82, 2.24) is 0 Å². The van der Waals surface area contributed by atoms with Gasteiger partial charge in [0.2, 0.25) is 10.5 Å². The third-order valence-electron chi connectivity index (χ3n) is 4.56. The molecule has 0 rings (SSSR count). The summed E-state index contributed by atoms with van der Waals surface area (Å²) in [5.74, 6) is 0. The lowest BCUT2D eigenvalue weighted by molar-refractivity contribution is -0.112. The van der Waals surface area contributed by atoms with Crippen molar-refractivity contribution in [1.29, 1.82) is 0 Å². The predicted octanol–water partition coefficient (Wildman–Crippen LogP) is 5.28. The number of rotatable bonds is 12. The van der Waals surface area contributed by atoms with Crippen LogP contribution in [0.3, 0.4) is 0 Å². The van der Waals surface area contributed by atoms with E-state index in [1.54, 1.807) is 0 Å². The van der Waals surface area contributed by atoms with Crippen LogP contribution < -0.4 is 0 Å². The fraction of sp³-hybridized carbons (Fsp3) is 0.857. The van der Waals surface area contributed by atoms with Gasteiger partial charge >= 0.3 is 0 Å². The van der Waals surface area contributed by atoms with Gasteiger partial charge in [-0.05, 0) is 59.5 Å². The molecule has 0 bridgehead atoms. The molecule has 7 heteroatoms. The number of hydrogen-bond acceptors (Lipinski definition) is 3. The van der Waals surface area contributed by atoms with Crippen LogP contribution in [0.1, 0.15) is 40.5 Å². The van der Waals surface area contributed by atoms with Gasteiger partial charge in [0.1, 0.15) is 0 Å². The van der Waals surface area contributed by atoms with Gasteiger partial charge in [-0.2, -0.15) is 0 Å². The lowest BCUT2D eigenvalue weighted by atomic mass is 10.5. The Hall–Kier alpha value is 0.314. The predicted molar refractivity (Wildman–Crippen MR) is 95.1 cm³/mol. The molecule has 0 amide bonds. The molecule has 0 N–H and O–H groups in total. The van der Waals surface area contributed by atoms with Crippen molar-refractivity contribution in [3.8, 4) is 0 Å². The van der Waals surface area contributed by atoms with E-state index in [9.17, 15) is 9.59 Å². The number of carbonyl (C=O) groups is 2. The Bertz CT molecular complexity index is 311. The molecule has 0 saturated heterocycles. The van der Waals surface area contributed by atoms with Crippen molar-refractivity contribution in [3.63, 3.8) is 0 Å². The molecule has 124 valence electrons. The Morgan fingerprint density at radius 3 is 1.24 bits per heavy atom. The largest absolute Gasteiger partial charge is 0.455 e. The summed E-state index contributed by atoms with van der Waals surface area (Å²) in [6, 6.07) is 5.50. The molecule has 3 nitrogen and oxygen atoms in total. The smallest absolute Gasteiger partial charge is 0.221 e. The minimum absolute atomic E-state index is 0.284. The van der Waals surface area contributed by atoms with E-state index in [1.807, 2.05) is 0 Å². The maximum atomic E-state index is 11.1. The van der Waals surface area contributed by atoms with Crippen molar-refractivity contribution < 1.29 is 13.7 Å². The standard InChI is InChI=1S/C14H28Cl2O3Si2/c1-5-20(6-2,11-9-13(15)17)19-21(7-3,8-4)12-10-14(16)18/h5-12H2,1-4H3. The number of hydrogen-bond donors (Lipinski definition) is 0. The molecule has 0 aromatic heterocycles. The molecule has 0 fully saturated rings. The topological polar surface area (TPSA) is 43.4 Å². The molecule has 0 aromatic carbocycles. The van der Waals surface area contributed by atoms with Crippen LogP contribution in [0, 0.1) is 0 Å². The van der Waals surface area contributed by atoms with Crippen LogP contribution in [0.25, 0.3) is 0 Å². The molecule has 0 saturated carbocycles. The first-order chi connectivity index (χ1) is 9.78. The number of halogens is 2. The lowest BCUT2D eigenvalue weighted by Gasteiger charge is -2.41. The van der Waals surface area contributed by atoms with E-state index in [-0.39, 0.29) is 10.5 Å². The molecule has 0 unspecified atom stereocenters. The van der Waals surface area contributed by atoms with E-state index >= 15 is 0 Å². The average molecular weight is 371 g/mol. The molecule has 0 atom stereocenters. The zero-order valence-electron chi connectivity index (χ0n) is 13.6. The van der Waals surface area contributed by atoms with Gasteiger partial charge in [-0.3, -0.25) is 9.59 Å². The van der Waals surface area contributed by atoms with Crippen LogP contribution in [0.4, 0.5) is 0 Å². The van der Waals surface area contributed by atoms with Gasteiger partial charge in [0.25, 0.3) is 0 Å². The van der Waals surface area contributed by atoms with E-state index in [1.165, 1.54) is 0 Å². The van der Waals surface area contributed by atoms with Crippen LogP contribution >= 0.6 is 23.2 Å². The summed E-state index contributed by atoms with van der Waals surface area (Å²) in [7, 11) is -3.91. The summed E-state index contributed by atoms with van der Waals surface area (Å²) in [4.78, 5) is 22.2. The molecule has 0 aliphatic carbocycles. The highest BCUT2D eigenvalue weighted by molar-refractivity contribution is 6.87. The van der Waals surface area contributed by atoms with Crippen molar-refractivity contribution in [2.24, 2.45) is 0 Å². The molecular weight excluding hydrogens is 343 g/mol. The highest BCUT2D eigenvalue weighted by Gasteiger charge is 2.41. The lowest BCUT2D eigenvalue weighted by Crippen LogP contribution is -2.50. The van der Waals surface area contributed by atoms with Gasteiger partial charge in [0.05, 0.1) is 0 Å². The van der Waals surface area contributed by atoms with Gasteiger partial charge in [-0.15, -0.1) is 0 Å². The van der Waals surface area contributed by atoms with Gasteiger partial charge in [-0.1, -0.05) is 27.7 Å². The maximum Gasteiger partial charge on any atom is 0.221 e. The summed E-state index contributed by atoms with van der Waals surface area (Å²) in [6.45, 7) is 8.58. The summed E-state index contributed by atoms with van der Waals surface area (Å²) in [5, 5.41) is -0.567. The highest BCUT2D eigenvalue weighted by Crippen LogP contribution is 2.34. The average Bonchev–Trinajstić information content (AvgIpc) is 2.47. The SMILES string of the molecule is CC[Si](CC)(CCC(=O)Cl)O[Si](CC)(CC)CCC(=O)Cl. The van der Waals surface area contributed by atoms with Crippen LogP contribution in [0.2, 0.25) is 36.3 Å². The molecule has 0 heterocycles. The third-order valence-corrected chi connectivity index (χ3v) is 15.9. The molecule has 0 aromatic rings. The summed E-state index contributed by atoms with van der Waals surface area (Å²) in [5.41, 5.74) is 0. The zero-order valence-corrected chi connectivity index (χ0v) is 17.1. The zero-order chi connectivity index (χ0) is 16.5. The quantitative estimate of drug-likeness (QED) is 0.346. The highest BCUT2D eigenvalue weighted by atomic mass is 35.5. The maximum absolute atomic E-state index is 11.1. The fourth-order valence-corrected chi connectivity index (χ4v) is 13.8. The Kier molecular flexibility index (Phi) is 10.3. The van der Waals surface area contributed by atoms with Gasteiger partial charge in [0, 0.05) is 12.8 Å².